The van der Waals surface area contributed by atoms with E-state index in [4.69, 9.17) is 16.3 Å². The van der Waals surface area contributed by atoms with Crippen LogP contribution in [0.4, 0.5) is 5.69 Å². The summed E-state index contributed by atoms with van der Waals surface area (Å²) in [4.78, 5) is 24.5. The summed E-state index contributed by atoms with van der Waals surface area (Å²) in [6.45, 7) is 2.31. The first-order chi connectivity index (χ1) is 15.7. The first-order valence-corrected chi connectivity index (χ1v) is 11.5. The van der Waals surface area contributed by atoms with Crippen molar-refractivity contribution in [3.8, 4) is 11.5 Å². The monoisotopic (exact) mass is 489 g/mol. The molecule has 9 nitrogen and oxygen atoms in total. The normalized spacial score (nSPS) is 10.8. The first-order valence-electron chi connectivity index (χ1n) is 9.65. The van der Waals surface area contributed by atoms with Crippen molar-refractivity contribution >= 4 is 39.1 Å². The molecule has 0 saturated heterocycles. The van der Waals surface area contributed by atoms with Crippen LogP contribution in [0, 0.1) is 0 Å². The Kier molecular flexibility index (Phi) is 7.41. The van der Waals surface area contributed by atoms with Crippen molar-refractivity contribution in [1.82, 2.24) is 10.9 Å². The standard InChI is InChI=1S/C22H20ClN3O6S/c1-2-32-15-9-7-14(8-10-15)26-33(30,31)16-11-12-19(23)18(13-16)22(29)25-24-21(28)17-5-3-4-6-20(17)27/h3-13,26-27H,2H2,1H3,(H,24,28)(H,25,29). The Balaban J connectivity index is 1.74. The Morgan fingerprint density at radius 2 is 1.58 bits per heavy atom. The molecule has 0 saturated carbocycles. The number of phenols is 1. The Bertz CT molecular complexity index is 1280. The van der Waals surface area contributed by atoms with E-state index < -0.39 is 21.8 Å². The van der Waals surface area contributed by atoms with Gasteiger partial charge in [-0.2, -0.15) is 0 Å². The lowest BCUT2D eigenvalue weighted by molar-refractivity contribution is 0.0845. The first kappa shape index (κ1) is 23.9. The van der Waals surface area contributed by atoms with Gasteiger partial charge in [0.25, 0.3) is 21.8 Å². The number of phenolic OH excluding ortho intramolecular Hbond substituents is 1. The van der Waals surface area contributed by atoms with Crippen LogP contribution in [0.15, 0.2) is 71.6 Å². The molecular weight excluding hydrogens is 470 g/mol. The summed E-state index contributed by atoms with van der Waals surface area (Å²) in [6, 6.07) is 15.7. The van der Waals surface area contributed by atoms with Gasteiger partial charge in [-0.3, -0.25) is 25.2 Å². The van der Waals surface area contributed by atoms with E-state index in [-0.39, 0.29) is 26.8 Å². The van der Waals surface area contributed by atoms with E-state index >= 15 is 0 Å². The van der Waals surface area contributed by atoms with Crippen LogP contribution in [0.2, 0.25) is 5.02 Å². The molecule has 3 aromatic rings. The summed E-state index contributed by atoms with van der Waals surface area (Å²) in [6.07, 6.45) is 0. The third-order valence-corrected chi connectivity index (χ3v) is 6.06. The van der Waals surface area contributed by atoms with E-state index in [1.807, 2.05) is 6.92 Å². The predicted molar refractivity (Wildman–Crippen MR) is 123 cm³/mol. The van der Waals surface area contributed by atoms with Crippen LogP contribution in [0.25, 0.3) is 0 Å². The van der Waals surface area contributed by atoms with Gasteiger partial charge in [0.05, 0.1) is 27.7 Å². The summed E-state index contributed by atoms with van der Waals surface area (Å²) in [5.74, 6) is -1.28. The molecule has 0 radical (unpaired) electrons. The Labute approximate surface area is 195 Å². The third-order valence-electron chi connectivity index (χ3n) is 4.35. The summed E-state index contributed by atoms with van der Waals surface area (Å²) in [5, 5.41) is 9.70. The molecule has 4 N–H and O–H groups in total. The number of hydrazine groups is 1. The van der Waals surface area contributed by atoms with Gasteiger partial charge < -0.3 is 9.84 Å². The van der Waals surface area contributed by atoms with E-state index in [1.165, 1.54) is 30.3 Å². The highest BCUT2D eigenvalue weighted by Crippen LogP contribution is 2.24. The number of halogens is 1. The average Bonchev–Trinajstić information content (AvgIpc) is 2.79. The molecule has 0 aromatic heterocycles. The number of carbonyl (C=O) groups is 2. The zero-order valence-corrected chi connectivity index (χ0v) is 18.9. The topological polar surface area (TPSA) is 134 Å². The van der Waals surface area contributed by atoms with Crippen LogP contribution in [0.1, 0.15) is 27.6 Å². The van der Waals surface area contributed by atoms with Gasteiger partial charge in [0.2, 0.25) is 0 Å². The second-order valence-corrected chi connectivity index (χ2v) is 8.72. The van der Waals surface area contributed by atoms with Crippen LogP contribution in [-0.4, -0.2) is 31.9 Å². The van der Waals surface area contributed by atoms with Crippen LogP contribution in [0.5, 0.6) is 11.5 Å². The fourth-order valence-electron chi connectivity index (χ4n) is 2.76. The summed E-state index contributed by atoms with van der Waals surface area (Å²) in [5.41, 5.74) is 4.36. The molecule has 0 aliphatic heterocycles. The average molecular weight is 490 g/mol. The Morgan fingerprint density at radius 1 is 0.939 bits per heavy atom. The fraction of sp³-hybridized carbons (Fsp3) is 0.0909. The molecule has 0 aliphatic rings. The van der Waals surface area contributed by atoms with Crippen molar-refractivity contribution in [2.24, 2.45) is 0 Å². The van der Waals surface area contributed by atoms with Crippen molar-refractivity contribution in [3.63, 3.8) is 0 Å². The molecule has 3 rings (SSSR count). The highest BCUT2D eigenvalue weighted by Gasteiger charge is 2.20. The number of nitrogens with one attached hydrogen (secondary N) is 3. The number of ether oxygens (including phenoxy) is 1. The maximum atomic E-state index is 12.8. The minimum atomic E-state index is -4.04. The maximum Gasteiger partial charge on any atom is 0.273 e. The number of hydrogen-bond donors (Lipinski definition) is 4. The SMILES string of the molecule is CCOc1ccc(NS(=O)(=O)c2ccc(Cl)c(C(=O)NNC(=O)c3ccccc3O)c2)cc1. The Hall–Kier alpha value is -3.76. The molecule has 0 unspecified atom stereocenters. The third kappa shape index (κ3) is 5.93. The second kappa shape index (κ2) is 10.2. The number of para-hydroxylation sites is 1. The lowest BCUT2D eigenvalue weighted by Gasteiger charge is -2.12. The molecule has 0 fully saturated rings. The summed E-state index contributed by atoms with van der Waals surface area (Å²) < 4.78 is 33.3. The van der Waals surface area contributed by atoms with E-state index in [0.717, 1.165) is 6.07 Å². The largest absolute Gasteiger partial charge is 0.507 e. The van der Waals surface area contributed by atoms with Crippen LogP contribution in [0.3, 0.4) is 0 Å². The summed E-state index contributed by atoms with van der Waals surface area (Å²) in [7, 11) is -4.04. The minimum absolute atomic E-state index is 0.0238. The highest BCUT2D eigenvalue weighted by atomic mass is 35.5. The molecule has 0 heterocycles. The van der Waals surface area contributed by atoms with Gasteiger partial charge in [-0.15, -0.1) is 0 Å². The van der Waals surface area contributed by atoms with E-state index in [0.29, 0.717) is 18.0 Å². The minimum Gasteiger partial charge on any atom is -0.507 e. The van der Waals surface area contributed by atoms with Crippen LogP contribution < -0.4 is 20.3 Å². The smallest absolute Gasteiger partial charge is 0.273 e. The number of rotatable bonds is 7. The fourth-order valence-corrected chi connectivity index (χ4v) is 4.05. The zero-order valence-electron chi connectivity index (χ0n) is 17.3. The molecule has 0 aliphatic carbocycles. The molecule has 11 heteroatoms. The van der Waals surface area contributed by atoms with Crippen molar-refractivity contribution < 1.29 is 27.9 Å². The van der Waals surface area contributed by atoms with Gasteiger partial charge in [0.15, 0.2) is 0 Å². The number of anilines is 1. The molecule has 3 aromatic carbocycles. The molecule has 0 spiro atoms. The van der Waals surface area contributed by atoms with Gasteiger partial charge in [-0.1, -0.05) is 23.7 Å². The van der Waals surface area contributed by atoms with E-state index in [9.17, 15) is 23.1 Å². The lowest BCUT2D eigenvalue weighted by atomic mass is 10.2. The molecule has 0 bridgehead atoms. The lowest BCUT2D eigenvalue weighted by Crippen LogP contribution is -2.41. The quantitative estimate of drug-likeness (QED) is 0.376. The number of carbonyl (C=O) groups excluding carboxylic acids is 2. The second-order valence-electron chi connectivity index (χ2n) is 6.63. The van der Waals surface area contributed by atoms with Crippen molar-refractivity contribution in [3.05, 3.63) is 82.9 Å². The van der Waals surface area contributed by atoms with Crippen molar-refractivity contribution in [1.29, 1.82) is 0 Å². The van der Waals surface area contributed by atoms with Gasteiger partial charge in [0, 0.05) is 5.69 Å². The van der Waals surface area contributed by atoms with Gasteiger partial charge in [-0.05, 0) is 61.5 Å². The number of hydrogen-bond acceptors (Lipinski definition) is 6. The van der Waals surface area contributed by atoms with Gasteiger partial charge in [0.1, 0.15) is 11.5 Å². The number of amides is 2. The van der Waals surface area contributed by atoms with Crippen molar-refractivity contribution in [2.75, 3.05) is 11.3 Å². The maximum absolute atomic E-state index is 12.8. The zero-order chi connectivity index (χ0) is 24.0. The number of sulfonamides is 1. The molecular formula is C22H20ClN3O6S. The number of aromatic hydroxyl groups is 1. The molecule has 172 valence electrons. The van der Waals surface area contributed by atoms with E-state index in [1.54, 1.807) is 30.3 Å². The molecule has 2 amide bonds. The van der Waals surface area contributed by atoms with Crippen molar-refractivity contribution in [2.45, 2.75) is 11.8 Å². The van der Waals surface area contributed by atoms with Gasteiger partial charge in [-0.25, -0.2) is 8.42 Å². The predicted octanol–water partition coefficient (Wildman–Crippen LogP) is 3.32. The summed E-state index contributed by atoms with van der Waals surface area (Å²) >= 11 is 6.06. The molecule has 33 heavy (non-hydrogen) atoms. The highest BCUT2D eigenvalue weighted by molar-refractivity contribution is 7.92. The van der Waals surface area contributed by atoms with Crippen LogP contribution in [-0.2, 0) is 10.0 Å². The molecule has 0 atom stereocenters. The van der Waals surface area contributed by atoms with E-state index in [2.05, 4.69) is 15.6 Å². The van der Waals surface area contributed by atoms with Crippen LogP contribution >= 0.6 is 11.6 Å². The number of benzene rings is 3. The Morgan fingerprint density at radius 3 is 2.21 bits per heavy atom. The van der Waals surface area contributed by atoms with Gasteiger partial charge >= 0.3 is 0 Å².